The van der Waals surface area contributed by atoms with Crippen molar-refractivity contribution in [1.82, 2.24) is 0 Å². The Labute approximate surface area is 142 Å². The maximum Gasteiger partial charge on any atom is 0.262 e. The van der Waals surface area contributed by atoms with Crippen LogP contribution in [0.15, 0.2) is 48.5 Å². The van der Waals surface area contributed by atoms with Crippen LogP contribution in [0.2, 0.25) is 0 Å². The van der Waals surface area contributed by atoms with Crippen LogP contribution in [-0.4, -0.2) is 32.3 Å². The molecule has 0 aromatic heterocycles. The van der Waals surface area contributed by atoms with Crippen molar-refractivity contribution in [3.8, 4) is 11.5 Å². The first-order valence-corrected chi connectivity index (χ1v) is 7.97. The van der Waals surface area contributed by atoms with Gasteiger partial charge in [-0.3, -0.25) is 4.79 Å². The number of hydrogen-bond acceptors (Lipinski definition) is 4. The zero-order valence-corrected chi connectivity index (χ0v) is 14.1. The van der Waals surface area contributed by atoms with Gasteiger partial charge in [-0.1, -0.05) is 17.7 Å². The summed E-state index contributed by atoms with van der Waals surface area (Å²) in [4.78, 5) is 11.9. The van der Waals surface area contributed by atoms with Gasteiger partial charge in [0, 0.05) is 12.3 Å². The summed E-state index contributed by atoms with van der Waals surface area (Å²) >= 11 is 0. The molecule has 2 rings (SSSR count). The number of hydrogen-bond donors (Lipinski definition) is 1. The van der Waals surface area contributed by atoms with Gasteiger partial charge in [0.15, 0.2) is 6.61 Å². The van der Waals surface area contributed by atoms with Crippen molar-refractivity contribution < 1.29 is 19.0 Å². The molecule has 0 aliphatic rings. The Hall–Kier alpha value is -2.53. The van der Waals surface area contributed by atoms with Crippen LogP contribution in [0.3, 0.4) is 0 Å². The molecule has 0 aliphatic carbocycles. The Bertz CT molecular complexity index is 623. The van der Waals surface area contributed by atoms with Gasteiger partial charge >= 0.3 is 0 Å². The maximum absolute atomic E-state index is 11.9. The first-order chi connectivity index (χ1) is 11.7. The molecule has 24 heavy (non-hydrogen) atoms. The van der Waals surface area contributed by atoms with E-state index in [1.54, 1.807) is 12.1 Å². The number of nitrogens with one attached hydrogen (secondary N) is 1. The van der Waals surface area contributed by atoms with Crippen LogP contribution in [0.1, 0.15) is 12.5 Å². The highest BCUT2D eigenvalue weighted by atomic mass is 16.5. The first-order valence-electron chi connectivity index (χ1n) is 7.97. The van der Waals surface area contributed by atoms with Crippen molar-refractivity contribution in [3.63, 3.8) is 0 Å². The van der Waals surface area contributed by atoms with E-state index in [-0.39, 0.29) is 12.5 Å². The van der Waals surface area contributed by atoms with Gasteiger partial charge in [-0.2, -0.15) is 0 Å². The third kappa shape index (κ3) is 6.30. The topological polar surface area (TPSA) is 56.8 Å². The lowest BCUT2D eigenvalue weighted by Crippen LogP contribution is -2.20. The average Bonchev–Trinajstić information content (AvgIpc) is 2.60. The Kier molecular flexibility index (Phi) is 7.11. The monoisotopic (exact) mass is 329 g/mol. The van der Waals surface area contributed by atoms with E-state index in [9.17, 15) is 4.79 Å². The third-order valence-electron chi connectivity index (χ3n) is 3.23. The fourth-order valence-corrected chi connectivity index (χ4v) is 1.98. The van der Waals surface area contributed by atoms with Crippen LogP contribution in [0, 0.1) is 6.92 Å². The number of aryl methyl sites for hydroxylation is 1. The summed E-state index contributed by atoms with van der Waals surface area (Å²) in [7, 11) is 0. The van der Waals surface area contributed by atoms with Crippen LogP contribution in [0.5, 0.6) is 11.5 Å². The summed E-state index contributed by atoms with van der Waals surface area (Å²) in [6.07, 6.45) is 0. The van der Waals surface area contributed by atoms with Crippen molar-refractivity contribution in [2.24, 2.45) is 0 Å². The van der Waals surface area contributed by atoms with Crippen molar-refractivity contribution in [2.45, 2.75) is 13.8 Å². The van der Waals surface area contributed by atoms with E-state index in [4.69, 9.17) is 14.2 Å². The van der Waals surface area contributed by atoms with Crippen molar-refractivity contribution >= 4 is 11.6 Å². The SMILES string of the molecule is CCOCCOc1ccc(NC(=O)COc2ccc(C)cc2)cc1. The highest BCUT2D eigenvalue weighted by molar-refractivity contribution is 5.91. The zero-order valence-electron chi connectivity index (χ0n) is 14.1. The van der Waals surface area contributed by atoms with Crippen LogP contribution < -0.4 is 14.8 Å². The second-order valence-electron chi connectivity index (χ2n) is 5.22. The van der Waals surface area contributed by atoms with E-state index in [0.29, 0.717) is 31.3 Å². The van der Waals surface area contributed by atoms with Crippen LogP contribution in [0.25, 0.3) is 0 Å². The molecule has 0 aliphatic heterocycles. The summed E-state index contributed by atoms with van der Waals surface area (Å²) in [5.41, 5.74) is 1.85. The van der Waals surface area contributed by atoms with Crippen molar-refractivity contribution in [3.05, 3.63) is 54.1 Å². The molecular weight excluding hydrogens is 306 g/mol. The van der Waals surface area contributed by atoms with Gasteiger partial charge in [-0.25, -0.2) is 0 Å². The fraction of sp³-hybridized carbons (Fsp3) is 0.316. The number of amides is 1. The summed E-state index contributed by atoms with van der Waals surface area (Å²) < 4.78 is 16.2. The van der Waals surface area contributed by atoms with Crippen molar-refractivity contribution in [1.29, 1.82) is 0 Å². The number of benzene rings is 2. The van der Waals surface area contributed by atoms with Gasteiger partial charge < -0.3 is 19.5 Å². The molecule has 0 fully saturated rings. The smallest absolute Gasteiger partial charge is 0.262 e. The molecule has 0 saturated carbocycles. The zero-order chi connectivity index (χ0) is 17.2. The number of carbonyl (C=O) groups is 1. The predicted molar refractivity (Wildman–Crippen MR) is 93.7 cm³/mol. The third-order valence-corrected chi connectivity index (χ3v) is 3.23. The van der Waals surface area contributed by atoms with Crippen molar-refractivity contribution in [2.75, 3.05) is 31.7 Å². The van der Waals surface area contributed by atoms with E-state index in [0.717, 1.165) is 11.3 Å². The predicted octanol–water partition coefficient (Wildman–Crippen LogP) is 3.43. The van der Waals surface area contributed by atoms with Gasteiger partial charge in [-0.15, -0.1) is 0 Å². The van der Waals surface area contributed by atoms with E-state index in [2.05, 4.69) is 5.32 Å². The molecule has 5 nitrogen and oxygen atoms in total. The molecule has 0 atom stereocenters. The number of anilines is 1. The lowest BCUT2D eigenvalue weighted by Gasteiger charge is -2.09. The molecule has 0 saturated heterocycles. The van der Waals surface area contributed by atoms with E-state index in [1.165, 1.54) is 0 Å². The molecule has 2 aromatic carbocycles. The second kappa shape index (κ2) is 9.57. The molecule has 2 aromatic rings. The van der Waals surface area contributed by atoms with Gasteiger partial charge in [0.25, 0.3) is 5.91 Å². The summed E-state index contributed by atoms with van der Waals surface area (Å²) in [6, 6.07) is 14.8. The average molecular weight is 329 g/mol. The van der Waals surface area contributed by atoms with E-state index < -0.39 is 0 Å². The minimum Gasteiger partial charge on any atom is -0.491 e. The lowest BCUT2D eigenvalue weighted by atomic mass is 10.2. The second-order valence-corrected chi connectivity index (χ2v) is 5.22. The van der Waals surface area contributed by atoms with Gasteiger partial charge in [0.05, 0.1) is 6.61 Å². The first kappa shape index (κ1) is 17.8. The van der Waals surface area contributed by atoms with E-state index in [1.807, 2.05) is 50.2 Å². The van der Waals surface area contributed by atoms with E-state index >= 15 is 0 Å². The molecular formula is C19H23NO4. The molecule has 0 unspecified atom stereocenters. The normalized spacial score (nSPS) is 10.2. The number of carbonyl (C=O) groups excluding carboxylic acids is 1. The van der Waals surface area contributed by atoms with Gasteiger partial charge in [0.2, 0.25) is 0 Å². The lowest BCUT2D eigenvalue weighted by molar-refractivity contribution is -0.118. The van der Waals surface area contributed by atoms with Crippen LogP contribution in [0.4, 0.5) is 5.69 Å². The summed E-state index contributed by atoms with van der Waals surface area (Å²) in [5.74, 6) is 1.21. The number of ether oxygens (including phenoxy) is 3. The largest absolute Gasteiger partial charge is 0.491 e. The molecule has 1 amide bonds. The number of rotatable bonds is 9. The van der Waals surface area contributed by atoms with Gasteiger partial charge in [-0.05, 0) is 50.2 Å². The Morgan fingerprint density at radius 2 is 1.54 bits per heavy atom. The highest BCUT2D eigenvalue weighted by Gasteiger charge is 2.04. The molecule has 128 valence electrons. The molecule has 0 spiro atoms. The molecule has 0 bridgehead atoms. The minimum absolute atomic E-state index is 0.0321. The Balaban J connectivity index is 1.74. The Morgan fingerprint density at radius 3 is 2.21 bits per heavy atom. The quantitative estimate of drug-likeness (QED) is 0.716. The van der Waals surface area contributed by atoms with Crippen LogP contribution in [-0.2, 0) is 9.53 Å². The standard InChI is InChI=1S/C19H23NO4/c1-3-22-12-13-23-17-10-6-16(7-11-17)20-19(21)14-24-18-8-4-15(2)5-9-18/h4-11H,3,12-14H2,1-2H3,(H,20,21). The molecule has 5 heteroatoms. The van der Waals surface area contributed by atoms with Gasteiger partial charge in [0.1, 0.15) is 18.1 Å². The van der Waals surface area contributed by atoms with Crippen LogP contribution >= 0.6 is 0 Å². The minimum atomic E-state index is -0.208. The molecule has 0 heterocycles. The molecule has 1 N–H and O–H groups in total. The summed E-state index contributed by atoms with van der Waals surface area (Å²) in [5, 5.41) is 2.78. The highest BCUT2D eigenvalue weighted by Crippen LogP contribution is 2.16. The maximum atomic E-state index is 11.9. The Morgan fingerprint density at radius 1 is 0.917 bits per heavy atom. The fourth-order valence-electron chi connectivity index (χ4n) is 1.98. The molecule has 0 radical (unpaired) electrons. The summed E-state index contributed by atoms with van der Waals surface area (Å²) in [6.45, 7) is 5.66.